The summed E-state index contributed by atoms with van der Waals surface area (Å²) < 4.78 is 55.9. The Morgan fingerprint density at radius 2 is 2.05 bits per heavy atom. The van der Waals surface area contributed by atoms with E-state index in [1.807, 2.05) is 0 Å². The number of halogens is 4. The Bertz CT molecular complexity index is 446. The van der Waals surface area contributed by atoms with Crippen LogP contribution < -0.4 is 5.32 Å². The van der Waals surface area contributed by atoms with Crippen molar-refractivity contribution in [1.82, 2.24) is 5.32 Å². The predicted molar refractivity (Wildman–Crippen MR) is 60.2 cm³/mol. The molecule has 1 aromatic carbocycles. The number of benzene rings is 1. The Morgan fingerprint density at radius 1 is 1.37 bits per heavy atom. The van der Waals surface area contributed by atoms with Crippen LogP contribution in [0.2, 0.25) is 0 Å². The molecule has 0 saturated carbocycles. The molecule has 1 rings (SSSR count). The van der Waals surface area contributed by atoms with Crippen molar-refractivity contribution in [2.75, 3.05) is 19.8 Å². The van der Waals surface area contributed by atoms with Crippen molar-refractivity contribution in [3.63, 3.8) is 0 Å². The monoisotopic (exact) mass is 279 g/mol. The van der Waals surface area contributed by atoms with E-state index in [9.17, 15) is 22.4 Å². The van der Waals surface area contributed by atoms with Gasteiger partial charge >= 0.3 is 6.18 Å². The number of hydrogen-bond acceptors (Lipinski definition) is 2. The highest BCUT2D eigenvalue weighted by atomic mass is 19.4. The maximum atomic E-state index is 13.6. The van der Waals surface area contributed by atoms with Crippen LogP contribution in [-0.4, -0.2) is 25.7 Å². The van der Waals surface area contributed by atoms with E-state index in [0.717, 1.165) is 12.1 Å². The van der Waals surface area contributed by atoms with Crippen molar-refractivity contribution >= 4 is 5.91 Å². The van der Waals surface area contributed by atoms with Crippen LogP contribution in [0.15, 0.2) is 18.2 Å². The average molecular weight is 279 g/mol. The van der Waals surface area contributed by atoms with E-state index < -0.39 is 29.0 Å². The Kier molecular flexibility index (Phi) is 5.29. The Balaban J connectivity index is 2.81. The molecule has 0 radical (unpaired) electrons. The molecule has 0 aliphatic carbocycles. The van der Waals surface area contributed by atoms with E-state index >= 15 is 0 Å². The Morgan fingerprint density at radius 3 is 2.63 bits per heavy atom. The zero-order valence-electron chi connectivity index (χ0n) is 10.2. The Hall–Kier alpha value is -1.63. The average Bonchev–Trinajstić information content (AvgIpc) is 2.33. The zero-order chi connectivity index (χ0) is 14.5. The molecule has 1 aromatic rings. The minimum absolute atomic E-state index is 0.0996. The second kappa shape index (κ2) is 6.51. The molecule has 0 bridgehead atoms. The van der Waals surface area contributed by atoms with Crippen LogP contribution in [0.5, 0.6) is 0 Å². The molecule has 0 heterocycles. The molecule has 3 nitrogen and oxygen atoms in total. The molecule has 0 aromatic heterocycles. The van der Waals surface area contributed by atoms with Gasteiger partial charge in [-0.15, -0.1) is 0 Å². The summed E-state index contributed by atoms with van der Waals surface area (Å²) in [6, 6.07) is 2.58. The number of ether oxygens (including phenoxy) is 1. The highest BCUT2D eigenvalue weighted by molar-refractivity contribution is 5.94. The second-order valence-electron chi connectivity index (χ2n) is 3.62. The molecule has 0 aliphatic heterocycles. The van der Waals surface area contributed by atoms with E-state index in [-0.39, 0.29) is 13.2 Å². The molecule has 7 heteroatoms. The Labute approximate surface area is 107 Å². The number of carbonyl (C=O) groups is 1. The van der Waals surface area contributed by atoms with E-state index in [0.29, 0.717) is 12.7 Å². The highest BCUT2D eigenvalue weighted by Gasteiger charge is 2.35. The fraction of sp³-hybridized carbons (Fsp3) is 0.417. The quantitative estimate of drug-likeness (QED) is 0.664. The second-order valence-corrected chi connectivity index (χ2v) is 3.62. The minimum Gasteiger partial charge on any atom is -0.380 e. The van der Waals surface area contributed by atoms with E-state index in [2.05, 4.69) is 5.32 Å². The maximum absolute atomic E-state index is 13.6. The van der Waals surface area contributed by atoms with Gasteiger partial charge in [-0.25, -0.2) is 4.39 Å². The number of nitrogens with one attached hydrogen (secondary N) is 1. The lowest BCUT2D eigenvalue weighted by Crippen LogP contribution is -2.28. The first-order valence-electron chi connectivity index (χ1n) is 5.59. The van der Waals surface area contributed by atoms with Gasteiger partial charge in [0.05, 0.1) is 17.7 Å². The van der Waals surface area contributed by atoms with Crippen molar-refractivity contribution in [3.05, 3.63) is 35.1 Å². The van der Waals surface area contributed by atoms with Crippen LogP contribution in [0, 0.1) is 5.82 Å². The van der Waals surface area contributed by atoms with Crippen LogP contribution in [0.3, 0.4) is 0 Å². The van der Waals surface area contributed by atoms with Gasteiger partial charge < -0.3 is 10.1 Å². The summed E-state index contributed by atoms with van der Waals surface area (Å²) in [6.07, 6.45) is -4.83. The molecule has 106 valence electrons. The summed E-state index contributed by atoms with van der Waals surface area (Å²) in [5, 5.41) is 2.28. The van der Waals surface area contributed by atoms with Crippen LogP contribution >= 0.6 is 0 Å². The molecule has 0 unspecified atom stereocenters. The molecular formula is C12H13F4NO2. The zero-order valence-corrected chi connectivity index (χ0v) is 10.2. The van der Waals surface area contributed by atoms with Crippen LogP contribution in [0.1, 0.15) is 22.8 Å². The van der Waals surface area contributed by atoms with Gasteiger partial charge in [-0.2, -0.15) is 13.2 Å². The molecule has 0 atom stereocenters. The van der Waals surface area contributed by atoms with Gasteiger partial charge in [0.15, 0.2) is 0 Å². The molecule has 0 spiro atoms. The topological polar surface area (TPSA) is 38.3 Å². The molecule has 1 amide bonds. The van der Waals surface area contributed by atoms with Gasteiger partial charge in [0.1, 0.15) is 5.82 Å². The summed E-state index contributed by atoms with van der Waals surface area (Å²) in [5.41, 5.74) is -2.09. The molecule has 19 heavy (non-hydrogen) atoms. The van der Waals surface area contributed by atoms with Gasteiger partial charge in [0, 0.05) is 13.2 Å². The number of amides is 1. The maximum Gasteiger partial charge on any atom is 0.419 e. The lowest BCUT2D eigenvalue weighted by molar-refractivity contribution is -0.140. The SMILES string of the molecule is CCOCCNC(=O)c1cccc(C(F)(F)F)c1F. The van der Waals surface area contributed by atoms with Crippen LogP contribution in [0.25, 0.3) is 0 Å². The summed E-state index contributed by atoms with van der Waals surface area (Å²) >= 11 is 0. The first-order chi connectivity index (χ1) is 8.88. The third-order valence-electron chi connectivity index (χ3n) is 2.28. The normalized spacial score (nSPS) is 11.4. The van der Waals surface area contributed by atoms with Crippen molar-refractivity contribution in [2.45, 2.75) is 13.1 Å². The van der Waals surface area contributed by atoms with Gasteiger partial charge in [0.25, 0.3) is 5.91 Å². The smallest absolute Gasteiger partial charge is 0.380 e. The molecule has 0 saturated heterocycles. The van der Waals surface area contributed by atoms with E-state index in [1.165, 1.54) is 0 Å². The van der Waals surface area contributed by atoms with Gasteiger partial charge in [0.2, 0.25) is 0 Å². The van der Waals surface area contributed by atoms with Gasteiger partial charge in [-0.1, -0.05) is 6.07 Å². The van der Waals surface area contributed by atoms with Gasteiger partial charge in [-0.05, 0) is 19.1 Å². The summed E-state index contributed by atoms with van der Waals surface area (Å²) in [5.74, 6) is -2.47. The van der Waals surface area contributed by atoms with E-state index in [1.54, 1.807) is 6.92 Å². The number of rotatable bonds is 5. The summed E-state index contributed by atoms with van der Waals surface area (Å²) in [6.45, 7) is 2.52. The standard InChI is InChI=1S/C12H13F4NO2/c1-2-19-7-6-17-11(18)8-4-3-5-9(10(8)13)12(14,15)16/h3-5H,2,6-7H2,1H3,(H,17,18). The third-order valence-corrected chi connectivity index (χ3v) is 2.28. The minimum atomic E-state index is -4.83. The van der Waals surface area contributed by atoms with Crippen molar-refractivity contribution in [2.24, 2.45) is 0 Å². The summed E-state index contributed by atoms with van der Waals surface area (Å²) in [4.78, 5) is 11.5. The van der Waals surface area contributed by atoms with Crippen molar-refractivity contribution in [1.29, 1.82) is 0 Å². The molecule has 1 N–H and O–H groups in total. The molecule has 0 fully saturated rings. The van der Waals surface area contributed by atoms with Gasteiger partial charge in [-0.3, -0.25) is 4.79 Å². The van der Waals surface area contributed by atoms with E-state index in [4.69, 9.17) is 4.74 Å². The first-order valence-corrected chi connectivity index (χ1v) is 5.59. The number of hydrogen-bond donors (Lipinski definition) is 1. The molecule has 0 aliphatic rings. The predicted octanol–water partition coefficient (Wildman–Crippen LogP) is 2.61. The van der Waals surface area contributed by atoms with Crippen molar-refractivity contribution < 1.29 is 27.1 Å². The third kappa shape index (κ3) is 4.20. The number of alkyl halides is 3. The fourth-order valence-corrected chi connectivity index (χ4v) is 1.40. The fourth-order valence-electron chi connectivity index (χ4n) is 1.40. The van der Waals surface area contributed by atoms with Crippen LogP contribution in [-0.2, 0) is 10.9 Å². The largest absolute Gasteiger partial charge is 0.419 e. The highest BCUT2D eigenvalue weighted by Crippen LogP contribution is 2.32. The van der Waals surface area contributed by atoms with Crippen molar-refractivity contribution in [3.8, 4) is 0 Å². The van der Waals surface area contributed by atoms with Crippen LogP contribution in [0.4, 0.5) is 17.6 Å². The number of carbonyl (C=O) groups excluding carboxylic acids is 1. The molecular weight excluding hydrogens is 266 g/mol. The lowest BCUT2D eigenvalue weighted by Gasteiger charge is -2.11. The lowest BCUT2D eigenvalue weighted by atomic mass is 10.1. The summed E-state index contributed by atoms with van der Waals surface area (Å²) in [7, 11) is 0. The first kappa shape index (κ1) is 15.4.